The van der Waals surface area contributed by atoms with Crippen LogP contribution in [0.1, 0.15) is 67.4 Å². The molecule has 2 aliphatic rings. The first-order valence-electron chi connectivity index (χ1n) is 14.1. The number of phenolic OH excluding ortho intramolecular Hbond substituents is 1. The summed E-state index contributed by atoms with van der Waals surface area (Å²) >= 11 is 1.50. The van der Waals surface area contributed by atoms with Gasteiger partial charge >= 0.3 is 0 Å². The largest absolute Gasteiger partial charge is 0.508 e. The fourth-order valence-electron chi connectivity index (χ4n) is 5.71. The van der Waals surface area contributed by atoms with E-state index < -0.39 is 34.7 Å². The van der Waals surface area contributed by atoms with Crippen LogP contribution in [0.15, 0.2) is 48.5 Å². The summed E-state index contributed by atoms with van der Waals surface area (Å²) in [4.78, 5) is 42.0. The molecule has 1 saturated heterocycles. The van der Waals surface area contributed by atoms with E-state index in [0.29, 0.717) is 18.0 Å². The Hall–Kier alpha value is -3.04. The zero-order chi connectivity index (χ0) is 28.9. The second-order valence-electron chi connectivity index (χ2n) is 11.5. The topological polar surface area (TPSA) is 119 Å². The lowest BCUT2D eigenvalue weighted by molar-refractivity contribution is -0.147. The first kappa shape index (κ1) is 29.9. The molecule has 9 heteroatoms. The highest BCUT2D eigenvalue weighted by Crippen LogP contribution is 2.40. The van der Waals surface area contributed by atoms with Gasteiger partial charge in [-0.05, 0) is 63.6 Å². The highest BCUT2D eigenvalue weighted by atomic mass is 32.2. The Kier molecular flexibility index (Phi) is 9.79. The Bertz CT molecular complexity index is 1200. The predicted octanol–water partition coefficient (Wildman–Crippen LogP) is 3.78. The van der Waals surface area contributed by atoms with Crippen LogP contribution in [0.4, 0.5) is 0 Å². The maximum absolute atomic E-state index is 13.8. The fourth-order valence-corrected chi connectivity index (χ4v) is 6.85. The van der Waals surface area contributed by atoms with Crippen LogP contribution in [0, 0.1) is 12.8 Å². The van der Waals surface area contributed by atoms with Crippen LogP contribution in [0.25, 0.3) is 0 Å². The Morgan fingerprint density at radius 3 is 2.45 bits per heavy atom. The minimum Gasteiger partial charge on any atom is -0.508 e. The lowest BCUT2D eigenvalue weighted by Crippen LogP contribution is -2.59. The molecule has 1 heterocycles. The molecule has 216 valence electrons. The number of benzene rings is 2. The second-order valence-corrected chi connectivity index (χ2v) is 13.1. The molecule has 2 fully saturated rings. The van der Waals surface area contributed by atoms with Gasteiger partial charge in [-0.1, -0.05) is 55.7 Å². The molecule has 0 bridgehead atoms. The zero-order valence-corrected chi connectivity index (χ0v) is 24.4. The third-order valence-corrected chi connectivity index (χ3v) is 9.54. The van der Waals surface area contributed by atoms with E-state index in [1.165, 1.54) is 42.0 Å². The molecule has 40 heavy (non-hydrogen) atoms. The van der Waals surface area contributed by atoms with Gasteiger partial charge in [0.1, 0.15) is 11.8 Å². The minimum absolute atomic E-state index is 0.0118. The first-order chi connectivity index (χ1) is 19.1. The van der Waals surface area contributed by atoms with Crippen molar-refractivity contribution >= 4 is 29.5 Å². The molecule has 4 N–H and O–H groups in total. The molecule has 1 aliphatic carbocycles. The first-order valence-corrected chi connectivity index (χ1v) is 15.1. The lowest BCUT2D eigenvalue weighted by Gasteiger charge is -2.34. The van der Waals surface area contributed by atoms with E-state index in [-0.39, 0.29) is 29.5 Å². The van der Waals surface area contributed by atoms with Gasteiger partial charge in [-0.2, -0.15) is 0 Å². The van der Waals surface area contributed by atoms with Crippen molar-refractivity contribution in [2.24, 2.45) is 5.92 Å². The number of rotatable bonds is 9. The van der Waals surface area contributed by atoms with Gasteiger partial charge in [-0.3, -0.25) is 14.4 Å². The van der Waals surface area contributed by atoms with Gasteiger partial charge in [0, 0.05) is 22.4 Å². The van der Waals surface area contributed by atoms with E-state index in [4.69, 9.17) is 0 Å². The van der Waals surface area contributed by atoms with E-state index in [1.807, 2.05) is 44.2 Å². The standard InChI is InChI=1S/C31H41N3O5S/c1-20-23(15-10-16-25(20)35)28(37)33-24(17-21-11-6-4-7-12-21)26(36)30(39)34-19-40-31(2,3)27(34)29(38)32-18-22-13-8-5-9-14-22/h4,6-7,10-12,15-16,22,24,26-27,35-36H,5,8-9,13-14,17-19H2,1-3H3,(H,32,38)(H,33,37)/t24-,26-,27+/m0/s1. The molecule has 4 rings (SSSR count). The molecule has 8 nitrogen and oxygen atoms in total. The number of aromatic hydroxyl groups is 1. The van der Waals surface area contributed by atoms with Gasteiger partial charge in [0.2, 0.25) is 5.91 Å². The monoisotopic (exact) mass is 567 g/mol. The van der Waals surface area contributed by atoms with Crippen molar-refractivity contribution in [1.82, 2.24) is 15.5 Å². The maximum atomic E-state index is 13.8. The number of hydrogen-bond acceptors (Lipinski definition) is 6. The number of nitrogens with one attached hydrogen (secondary N) is 2. The van der Waals surface area contributed by atoms with Crippen LogP contribution >= 0.6 is 11.8 Å². The van der Waals surface area contributed by atoms with Crippen molar-refractivity contribution in [3.63, 3.8) is 0 Å². The molecule has 3 amide bonds. The summed E-state index contributed by atoms with van der Waals surface area (Å²) in [6.07, 6.45) is 4.43. The number of nitrogens with zero attached hydrogens (tertiary/aromatic N) is 1. The van der Waals surface area contributed by atoms with Crippen LogP contribution < -0.4 is 10.6 Å². The molecule has 0 aromatic heterocycles. The number of aliphatic hydroxyl groups is 1. The normalized spacial score (nSPS) is 20.5. The lowest BCUT2D eigenvalue weighted by atomic mass is 9.89. The third-order valence-electron chi connectivity index (χ3n) is 8.17. The molecule has 1 aliphatic heterocycles. The molecule has 0 radical (unpaired) electrons. The van der Waals surface area contributed by atoms with E-state index >= 15 is 0 Å². The van der Waals surface area contributed by atoms with Crippen molar-refractivity contribution in [2.75, 3.05) is 12.4 Å². The van der Waals surface area contributed by atoms with Crippen molar-refractivity contribution in [3.05, 3.63) is 65.2 Å². The number of carbonyl (C=O) groups is 3. The van der Waals surface area contributed by atoms with Crippen molar-refractivity contribution < 1.29 is 24.6 Å². The summed E-state index contributed by atoms with van der Waals surface area (Å²) in [6.45, 7) is 6.11. The zero-order valence-electron chi connectivity index (χ0n) is 23.6. The average Bonchev–Trinajstić information content (AvgIpc) is 3.27. The Balaban J connectivity index is 1.53. The van der Waals surface area contributed by atoms with Gasteiger partial charge < -0.3 is 25.7 Å². The maximum Gasteiger partial charge on any atom is 0.254 e. The molecule has 0 unspecified atom stereocenters. The van der Waals surface area contributed by atoms with Crippen LogP contribution in [0.5, 0.6) is 5.75 Å². The van der Waals surface area contributed by atoms with Crippen molar-refractivity contribution in [3.8, 4) is 5.75 Å². The molecule has 1 saturated carbocycles. The second kappa shape index (κ2) is 13.1. The summed E-state index contributed by atoms with van der Waals surface area (Å²) in [5.41, 5.74) is 1.51. The molecule has 2 aromatic rings. The average molecular weight is 568 g/mol. The minimum atomic E-state index is -1.58. The van der Waals surface area contributed by atoms with Crippen LogP contribution in [0.3, 0.4) is 0 Å². The number of aliphatic hydroxyl groups excluding tert-OH is 1. The highest BCUT2D eigenvalue weighted by molar-refractivity contribution is 8.00. The molecule has 0 spiro atoms. The summed E-state index contributed by atoms with van der Waals surface area (Å²) in [7, 11) is 0. The SMILES string of the molecule is Cc1c(O)cccc1C(=O)N[C@@H](Cc1ccccc1)[C@H](O)C(=O)N1CSC(C)(C)[C@H]1C(=O)NCC1CCCCC1. The number of thioether (sulfide) groups is 1. The van der Waals surface area contributed by atoms with Gasteiger partial charge in [0.05, 0.1) is 11.9 Å². The summed E-state index contributed by atoms with van der Waals surface area (Å²) in [5, 5.41) is 27.4. The smallest absolute Gasteiger partial charge is 0.254 e. The third kappa shape index (κ3) is 6.99. The van der Waals surface area contributed by atoms with Crippen LogP contribution in [-0.2, 0) is 16.0 Å². The Morgan fingerprint density at radius 2 is 1.75 bits per heavy atom. The van der Waals surface area contributed by atoms with Crippen LogP contribution in [0.2, 0.25) is 0 Å². The molecule has 2 aromatic carbocycles. The number of hydrogen-bond donors (Lipinski definition) is 4. The Morgan fingerprint density at radius 1 is 1.05 bits per heavy atom. The fraction of sp³-hybridized carbons (Fsp3) is 0.516. The van der Waals surface area contributed by atoms with E-state index in [1.54, 1.807) is 19.1 Å². The quantitative estimate of drug-likeness (QED) is 0.366. The molecular weight excluding hydrogens is 526 g/mol. The Labute approximate surface area is 240 Å². The molecule has 3 atom stereocenters. The van der Waals surface area contributed by atoms with Crippen molar-refractivity contribution in [2.45, 2.75) is 82.2 Å². The summed E-state index contributed by atoms with van der Waals surface area (Å²) in [6, 6.07) is 12.3. The van der Waals surface area contributed by atoms with Gasteiger partial charge in [-0.25, -0.2) is 0 Å². The predicted molar refractivity (Wildman–Crippen MR) is 157 cm³/mol. The molecular formula is C31H41N3O5S. The number of carbonyl (C=O) groups excluding carboxylic acids is 3. The van der Waals surface area contributed by atoms with Gasteiger partial charge in [0.25, 0.3) is 11.8 Å². The van der Waals surface area contributed by atoms with Gasteiger partial charge in [0.15, 0.2) is 6.10 Å². The number of amides is 3. The van der Waals surface area contributed by atoms with E-state index in [9.17, 15) is 24.6 Å². The van der Waals surface area contributed by atoms with Gasteiger partial charge in [-0.15, -0.1) is 11.8 Å². The van der Waals surface area contributed by atoms with E-state index in [2.05, 4.69) is 10.6 Å². The van der Waals surface area contributed by atoms with E-state index in [0.717, 1.165) is 18.4 Å². The summed E-state index contributed by atoms with van der Waals surface area (Å²) < 4.78 is -0.539. The summed E-state index contributed by atoms with van der Waals surface area (Å²) in [5.74, 6) is -0.593. The van der Waals surface area contributed by atoms with Crippen molar-refractivity contribution in [1.29, 1.82) is 0 Å². The van der Waals surface area contributed by atoms with Crippen LogP contribution in [-0.4, -0.2) is 68.2 Å². The number of phenols is 1. The highest BCUT2D eigenvalue weighted by Gasteiger charge is 2.49.